The molecule has 0 fully saturated rings. The van der Waals surface area contributed by atoms with Gasteiger partial charge in [-0.15, -0.1) is 0 Å². The van der Waals surface area contributed by atoms with Gasteiger partial charge in [-0.2, -0.15) is 0 Å². The smallest absolute Gasteiger partial charge is 0.0873 e. The summed E-state index contributed by atoms with van der Waals surface area (Å²) in [6.45, 7) is 1.53. The maximum atomic E-state index is 6.28. The zero-order valence-electron chi connectivity index (χ0n) is 8.20. The van der Waals surface area contributed by atoms with Crippen LogP contribution in [0.1, 0.15) is 6.92 Å². The molecule has 2 rings (SSSR count). The van der Waals surface area contributed by atoms with Gasteiger partial charge in [0.15, 0.2) is 0 Å². The highest BCUT2D eigenvalue weighted by atomic mass is 14.7. The van der Waals surface area contributed by atoms with Crippen LogP contribution in [0, 0.1) is 5.41 Å². The minimum Gasteiger partial charge on any atom is -0.388 e. The lowest BCUT2D eigenvalue weighted by Crippen LogP contribution is -2.00. The van der Waals surface area contributed by atoms with Crippen LogP contribution in [0.4, 0.5) is 0 Å². The number of fused-ring (bicyclic) bond motifs is 1. The van der Waals surface area contributed by atoms with E-state index >= 15 is 0 Å². The Hall–Kier alpha value is -1.83. The Balaban J connectivity index is 0.000000213. The highest BCUT2D eigenvalue weighted by molar-refractivity contribution is 5.82. The molecule has 0 saturated carbocycles. The van der Waals surface area contributed by atoms with Crippen LogP contribution in [0.2, 0.25) is 0 Å². The van der Waals surface area contributed by atoms with E-state index in [0.717, 1.165) is 0 Å². The molecule has 2 heteroatoms. The normalized spacial score (nSPS) is 8.93. The molecule has 0 aliphatic carbocycles. The second-order valence-corrected chi connectivity index (χ2v) is 3.03. The highest BCUT2D eigenvalue weighted by Crippen LogP contribution is 2.11. The van der Waals surface area contributed by atoms with Gasteiger partial charge in [-0.25, -0.2) is 0 Å². The molecule has 0 heterocycles. The van der Waals surface area contributed by atoms with Crippen LogP contribution in [-0.4, -0.2) is 5.84 Å². The quantitative estimate of drug-likeness (QED) is 0.482. The Morgan fingerprint density at radius 1 is 0.929 bits per heavy atom. The molecule has 2 aromatic carbocycles. The van der Waals surface area contributed by atoms with Crippen LogP contribution in [0.15, 0.2) is 48.5 Å². The molecule has 2 aromatic rings. The molecular weight excluding hydrogens is 172 g/mol. The molecule has 0 aliphatic heterocycles. The first-order valence-electron chi connectivity index (χ1n) is 4.44. The van der Waals surface area contributed by atoms with Crippen LogP contribution in [0.25, 0.3) is 10.8 Å². The van der Waals surface area contributed by atoms with E-state index in [1.165, 1.54) is 17.7 Å². The van der Waals surface area contributed by atoms with E-state index in [9.17, 15) is 0 Å². The lowest BCUT2D eigenvalue weighted by Gasteiger charge is -1.92. The first kappa shape index (κ1) is 10.3. The zero-order chi connectivity index (χ0) is 10.4. The summed E-state index contributed by atoms with van der Waals surface area (Å²) in [6, 6.07) is 16.7. The molecule has 0 bridgehead atoms. The van der Waals surface area contributed by atoms with Gasteiger partial charge in [-0.1, -0.05) is 48.5 Å². The van der Waals surface area contributed by atoms with Crippen LogP contribution in [0.5, 0.6) is 0 Å². The number of amidine groups is 1. The van der Waals surface area contributed by atoms with Crippen molar-refractivity contribution >= 4 is 16.6 Å². The molecular formula is C12H14N2. The average Bonchev–Trinajstić information content (AvgIpc) is 2.17. The van der Waals surface area contributed by atoms with Gasteiger partial charge < -0.3 is 5.73 Å². The van der Waals surface area contributed by atoms with Gasteiger partial charge in [-0.05, 0) is 17.7 Å². The van der Waals surface area contributed by atoms with Crippen molar-refractivity contribution < 1.29 is 0 Å². The van der Waals surface area contributed by atoms with E-state index in [4.69, 9.17) is 11.1 Å². The van der Waals surface area contributed by atoms with Crippen molar-refractivity contribution in [2.75, 3.05) is 0 Å². The molecule has 3 N–H and O–H groups in total. The molecule has 0 unspecified atom stereocenters. The fraction of sp³-hybridized carbons (Fsp3) is 0.0833. The zero-order valence-corrected chi connectivity index (χ0v) is 8.20. The SMILES string of the molecule is CC(=N)N.c1ccc2ccccc2c1. The van der Waals surface area contributed by atoms with E-state index < -0.39 is 0 Å². The third-order valence-electron chi connectivity index (χ3n) is 1.66. The maximum Gasteiger partial charge on any atom is 0.0873 e. The van der Waals surface area contributed by atoms with Gasteiger partial charge >= 0.3 is 0 Å². The van der Waals surface area contributed by atoms with Gasteiger partial charge in [0.1, 0.15) is 0 Å². The summed E-state index contributed by atoms with van der Waals surface area (Å²) >= 11 is 0. The molecule has 0 atom stereocenters. The predicted octanol–water partition coefficient (Wildman–Crippen LogP) is 2.78. The van der Waals surface area contributed by atoms with Crippen molar-refractivity contribution in [3.63, 3.8) is 0 Å². The number of nitrogens with two attached hydrogens (primary N) is 1. The summed E-state index contributed by atoms with van der Waals surface area (Å²) in [5.74, 6) is 0.167. The molecule has 0 aliphatic rings. The summed E-state index contributed by atoms with van der Waals surface area (Å²) < 4.78 is 0. The van der Waals surface area contributed by atoms with E-state index in [-0.39, 0.29) is 5.84 Å². The lowest BCUT2D eigenvalue weighted by atomic mass is 10.1. The summed E-state index contributed by atoms with van der Waals surface area (Å²) in [4.78, 5) is 0. The predicted molar refractivity (Wildman–Crippen MR) is 61.5 cm³/mol. The molecule has 0 aromatic heterocycles. The highest BCUT2D eigenvalue weighted by Gasteiger charge is 1.85. The Morgan fingerprint density at radius 3 is 1.36 bits per heavy atom. The van der Waals surface area contributed by atoms with Gasteiger partial charge in [0.25, 0.3) is 0 Å². The minimum absolute atomic E-state index is 0.167. The average molecular weight is 186 g/mol. The standard InChI is InChI=1S/C10H8.C2H6N2/c1-2-6-10-8-4-3-7-9(10)5-1;1-2(3)4/h1-8H;1H3,(H3,3,4). The molecule has 2 nitrogen and oxygen atoms in total. The Morgan fingerprint density at radius 2 is 1.14 bits per heavy atom. The molecule has 0 spiro atoms. The van der Waals surface area contributed by atoms with Crippen molar-refractivity contribution in [3.05, 3.63) is 48.5 Å². The van der Waals surface area contributed by atoms with Gasteiger partial charge in [0, 0.05) is 0 Å². The van der Waals surface area contributed by atoms with Gasteiger partial charge in [-0.3, -0.25) is 5.41 Å². The fourth-order valence-corrected chi connectivity index (χ4v) is 1.13. The number of hydrogen-bond acceptors (Lipinski definition) is 1. The molecule has 72 valence electrons. The number of benzene rings is 2. The Labute approximate surface area is 83.9 Å². The molecule has 14 heavy (non-hydrogen) atoms. The van der Waals surface area contributed by atoms with Crippen LogP contribution < -0.4 is 5.73 Å². The first-order valence-corrected chi connectivity index (χ1v) is 4.44. The third-order valence-corrected chi connectivity index (χ3v) is 1.66. The Bertz CT molecular complexity index is 352. The molecule has 0 saturated heterocycles. The topological polar surface area (TPSA) is 49.9 Å². The lowest BCUT2D eigenvalue weighted by molar-refractivity contribution is 1.42. The summed E-state index contributed by atoms with van der Waals surface area (Å²) in [5, 5.41) is 8.90. The molecule has 0 amide bonds. The second kappa shape index (κ2) is 5.02. The van der Waals surface area contributed by atoms with E-state index in [1.54, 1.807) is 0 Å². The second-order valence-electron chi connectivity index (χ2n) is 3.03. The van der Waals surface area contributed by atoms with Crippen molar-refractivity contribution in [2.45, 2.75) is 6.92 Å². The summed E-state index contributed by atoms with van der Waals surface area (Å²) in [6.07, 6.45) is 0. The van der Waals surface area contributed by atoms with Gasteiger partial charge in [0.05, 0.1) is 5.84 Å². The summed E-state index contributed by atoms with van der Waals surface area (Å²) in [7, 11) is 0. The van der Waals surface area contributed by atoms with Crippen LogP contribution in [-0.2, 0) is 0 Å². The Kier molecular flexibility index (Phi) is 3.68. The van der Waals surface area contributed by atoms with E-state index in [1.807, 2.05) is 0 Å². The monoisotopic (exact) mass is 186 g/mol. The summed E-state index contributed by atoms with van der Waals surface area (Å²) in [5.41, 5.74) is 4.69. The van der Waals surface area contributed by atoms with Crippen molar-refractivity contribution in [1.82, 2.24) is 0 Å². The van der Waals surface area contributed by atoms with E-state index in [0.29, 0.717) is 0 Å². The number of rotatable bonds is 0. The maximum absolute atomic E-state index is 6.28. The first-order chi connectivity index (χ1) is 6.70. The van der Waals surface area contributed by atoms with Crippen LogP contribution >= 0.6 is 0 Å². The van der Waals surface area contributed by atoms with Crippen molar-refractivity contribution in [3.8, 4) is 0 Å². The fourth-order valence-electron chi connectivity index (χ4n) is 1.13. The van der Waals surface area contributed by atoms with Crippen molar-refractivity contribution in [2.24, 2.45) is 5.73 Å². The number of nitrogens with one attached hydrogen (secondary N) is 1. The number of hydrogen-bond donors (Lipinski definition) is 2. The van der Waals surface area contributed by atoms with Crippen LogP contribution in [0.3, 0.4) is 0 Å². The minimum atomic E-state index is 0.167. The van der Waals surface area contributed by atoms with Crippen molar-refractivity contribution in [1.29, 1.82) is 5.41 Å². The van der Waals surface area contributed by atoms with Gasteiger partial charge in [0.2, 0.25) is 0 Å². The molecule has 0 radical (unpaired) electrons. The van der Waals surface area contributed by atoms with E-state index in [2.05, 4.69) is 48.5 Å². The largest absolute Gasteiger partial charge is 0.388 e. The third kappa shape index (κ3) is 3.27.